The minimum atomic E-state index is -1.06. The van der Waals surface area contributed by atoms with E-state index in [0.29, 0.717) is 11.4 Å². The van der Waals surface area contributed by atoms with E-state index in [9.17, 15) is 14.7 Å². The van der Waals surface area contributed by atoms with Crippen molar-refractivity contribution in [2.24, 2.45) is 10.8 Å². The number of pyridine rings is 1. The van der Waals surface area contributed by atoms with Gasteiger partial charge in [0.15, 0.2) is 0 Å². The highest BCUT2D eigenvalue weighted by atomic mass is 16.4. The zero-order valence-corrected chi connectivity index (χ0v) is 12.0. The molecule has 2 rings (SSSR count). The number of carboxylic acid groups (broad SMARTS) is 1. The maximum atomic E-state index is 12.3. The molecular weight excluding hydrogens is 256 g/mol. The summed E-state index contributed by atoms with van der Waals surface area (Å²) in [7, 11) is 0. The van der Waals surface area contributed by atoms with E-state index in [2.05, 4.69) is 10.3 Å². The van der Waals surface area contributed by atoms with Gasteiger partial charge < -0.3 is 10.4 Å². The predicted molar refractivity (Wildman–Crippen MR) is 74.9 cm³/mol. The number of hydrogen-bond donors (Lipinski definition) is 2. The monoisotopic (exact) mass is 274 g/mol. The van der Waals surface area contributed by atoms with Crippen molar-refractivity contribution in [3.05, 3.63) is 35.7 Å². The molecule has 20 heavy (non-hydrogen) atoms. The highest BCUT2D eigenvalue weighted by Gasteiger charge is 2.47. The molecule has 1 aliphatic rings. The molecule has 1 aliphatic heterocycles. The second kappa shape index (κ2) is 4.44. The van der Waals surface area contributed by atoms with Gasteiger partial charge in [-0.15, -0.1) is 0 Å². The van der Waals surface area contributed by atoms with Crippen LogP contribution in [0.2, 0.25) is 0 Å². The summed E-state index contributed by atoms with van der Waals surface area (Å²) >= 11 is 0. The number of hydrogen-bond acceptors (Lipinski definition) is 3. The summed E-state index contributed by atoms with van der Waals surface area (Å²) in [6.07, 6.45) is 3.30. The van der Waals surface area contributed by atoms with Gasteiger partial charge in [-0.1, -0.05) is 20.8 Å². The predicted octanol–water partition coefficient (Wildman–Crippen LogP) is 2.30. The van der Waals surface area contributed by atoms with Crippen LogP contribution in [0.5, 0.6) is 0 Å². The summed E-state index contributed by atoms with van der Waals surface area (Å²) < 4.78 is 0. The molecule has 1 atom stereocenters. The van der Waals surface area contributed by atoms with E-state index in [1.54, 1.807) is 12.1 Å². The zero-order chi connectivity index (χ0) is 15.1. The Morgan fingerprint density at radius 1 is 1.40 bits per heavy atom. The fourth-order valence-corrected chi connectivity index (χ4v) is 2.12. The fraction of sp³-hybridized carbons (Fsp3) is 0.400. The van der Waals surface area contributed by atoms with E-state index in [1.807, 2.05) is 27.7 Å². The molecule has 0 saturated carbocycles. The number of aromatic nitrogens is 1. The Balaban J connectivity index is 2.54. The largest absolute Gasteiger partial charge is 0.478 e. The van der Waals surface area contributed by atoms with Gasteiger partial charge in [0.25, 0.3) is 0 Å². The average molecular weight is 274 g/mol. The molecule has 1 unspecified atom stereocenters. The highest BCUT2D eigenvalue weighted by molar-refractivity contribution is 6.01. The summed E-state index contributed by atoms with van der Waals surface area (Å²) in [5.74, 6) is -1.20. The van der Waals surface area contributed by atoms with Crippen LogP contribution in [0.1, 0.15) is 43.7 Å². The van der Waals surface area contributed by atoms with Crippen LogP contribution < -0.4 is 5.32 Å². The third kappa shape index (κ3) is 2.09. The van der Waals surface area contributed by atoms with Crippen LogP contribution in [0.15, 0.2) is 24.4 Å². The Labute approximate surface area is 117 Å². The summed E-state index contributed by atoms with van der Waals surface area (Å²) in [5, 5.41) is 12.0. The van der Waals surface area contributed by atoms with E-state index in [4.69, 9.17) is 0 Å². The van der Waals surface area contributed by atoms with Gasteiger partial charge in [0.2, 0.25) is 5.91 Å². The molecule has 0 saturated heterocycles. The lowest BCUT2D eigenvalue weighted by molar-refractivity contribution is -0.129. The maximum absolute atomic E-state index is 12.3. The lowest BCUT2D eigenvalue weighted by atomic mass is 9.68. The van der Waals surface area contributed by atoms with Gasteiger partial charge in [0.1, 0.15) is 5.69 Å². The van der Waals surface area contributed by atoms with Crippen LogP contribution in [0.3, 0.4) is 0 Å². The zero-order valence-electron chi connectivity index (χ0n) is 12.0. The third-order valence-corrected chi connectivity index (χ3v) is 4.00. The van der Waals surface area contributed by atoms with Crippen LogP contribution in [-0.2, 0) is 4.79 Å². The van der Waals surface area contributed by atoms with E-state index < -0.39 is 11.4 Å². The molecule has 0 spiro atoms. The van der Waals surface area contributed by atoms with Crippen molar-refractivity contribution in [2.75, 3.05) is 0 Å². The van der Waals surface area contributed by atoms with Gasteiger partial charge in [0, 0.05) is 6.20 Å². The molecule has 0 radical (unpaired) electrons. The van der Waals surface area contributed by atoms with Gasteiger partial charge >= 0.3 is 5.97 Å². The van der Waals surface area contributed by atoms with Crippen molar-refractivity contribution in [1.82, 2.24) is 10.3 Å². The molecule has 106 valence electrons. The first-order valence-electron chi connectivity index (χ1n) is 6.40. The first-order chi connectivity index (χ1) is 9.17. The number of aromatic carboxylic acids is 1. The van der Waals surface area contributed by atoms with Gasteiger partial charge in [-0.2, -0.15) is 0 Å². The molecule has 1 amide bonds. The minimum absolute atomic E-state index is 0.0807. The van der Waals surface area contributed by atoms with Crippen LogP contribution in [0.25, 0.3) is 5.70 Å². The number of carboxylic acids is 1. The Morgan fingerprint density at radius 2 is 2.05 bits per heavy atom. The average Bonchev–Trinajstić information content (AvgIpc) is 2.66. The van der Waals surface area contributed by atoms with E-state index in [-0.39, 0.29) is 16.9 Å². The molecule has 1 aromatic rings. The van der Waals surface area contributed by atoms with E-state index in [1.165, 1.54) is 12.3 Å². The van der Waals surface area contributed by atoms with E-state index >= 15 is 0 Å². The van der Waals surface area contributed by atoms with Crippen molar-refractivity contribution in [3.63, 3.8) is 0 Å². The molecule has 0 aliphatic carbocycles. The quantitative estimate of drug-likeness (QED) is 0.867. The molecule has 0 bridgehead atoms. The molecule has 2 heterocycles. The summed E-state index contributed by atoms with van der Waals surface area (Å²) in [5.41, 5.74) is -0.143. The molecule has 2 N–H and O–H groups in total. The molecule has 5 heteroatoms. The number of nitrogens with zero attached hydrogens (tertiary/aromatic N) is 1. The smallest absolute Gasteiger partial charge is 0.337 e. The second-order valence-corrected chi connectivity index (χ2v) is 6.17. The molecule has 0 fully saturated rings. The lowest BCUT2D eigenvalue weighted by Gasteiger charge is -2.34. The summed E-state index contributed by atoms with van der Waals surface area (Å²) in [6, 6.07) is 3.04. The molecular formula is C15H18N2O3. The van der Waals surface area contributed by atoms with E-state index in [0.717, 1.165) is 0 Å². The van der Waals surface area contributed by atoms with Crippen molar-refractivity contribution in [3.8, 4) is 0 Å². The number of carbonyl (C=O) groups is 2. The van der Waals surface area contributed by atoms with Gasteiger partial charge in [-0.05, 0) is 30.5 Å². The summed E-state index contributed by atoms with van der Waals surface area (Å²) in [6.45, 7) is 7.77. The number of amides is 1. The summed E-state index contributed by atoms with van der Waals surface area (Å²) in [4.78, 5) is 27.6. The molecule has 0 aromatic carbocycles. The van der Waals surface area contributed by atoms with Crippen LogP contribution >= 0.6 is 0 Å². The Morgan fingerprint density at radius 3 is 2.55 bits per heavy atom. The van der Waals surface area contributed by atoms with Crippen molar-refractivity contribution in [2.45, 2.75) is 27.7 Å². The number of carbonyl (C=O) groups excluding carboxylic acids is 1. The lowest BCUT2D eigenvalue weighted by Crippen LogP contribution is -2.40. The first kappa shape index (κ1) is 14.2. The number of nitrogens with one attached hydrogen (secondary N) is 1. The molecule has 1 aromatic heterocycles. The minimum Gasteiger partial charge on any atom is -0.478 e. The normalized spacial score (nSPS) is 22.4. The Kier molecular flexibility index (Phi) is 3.16. The topological polar surface area (TPSA) is 79.3 Å². The van der Waals surface area contributed by atoms with Crippen molar-refractivity contribution < 1.29 is 14.7 Å². The van der Waals surface area contributed by atoms with Crippen LogP contribution in [0, 0.1) is 10.8 Å². The standard InChI is InChI=1S/C15H18N2O3/c1-14(2,3)15(4)8-10(17-13(15)20)11-9(12(18)19)6-5-7-16-11/h5-8H,1-4H3,(H,17,20)(H,18,19). The van der Waals surface area contributed by atoms with Gasteiger partial charge in [0.05, 0.1) is 16.7 Å². The highest BCUT2D eigenvalue weighted by Crippen LogP contribution is 2.44. The Hall–Kier alpha value is -2.17. The third-order valence-electron chi connectivity index (χ3n) is 4.00. The molecule has 5 nitrogen and oxygen atoms in total. The first-order valence-corrected chi connectivity index (χ1v) is 6.40. The maximum Gasteiger partial charge on any atom is 0.337 e. The van der Waals surface area contributed by atoms with Gasteiger partial charge in [-0.25, -0.2) is 4.79 Å². The number of rotatable bonds is 2. The van der Waals surface area contributed by atoms with Crippen molar-refractivity contribution in [1.29, 1.82) is 0 Å². The SMILES string of the molecule is CC(C)(C)C1(C)C=C(c2ncccc2C(=O)O)NC1=O. The Bertz CT molecular complexity index is 614. The van der Waals surface area contributed by atoms with Crippen molar-refractivity contribution >= 4 is 17.6 Å². The van der Waals surface area contributed by atoms with Crippen LogP contribution in [0.4, 0.5) is 0 Å². The fourth-order valence-electron chi connectivity index (χ4n) is 2.12. The van der Waals surface area contributed by atoms with Gasteiger partial charge in [-0.3, -0.25) is 9.78 Å². The van der Waals surface area contributed by atoms with Crippen LogP contribution in [-0.4, -0.2) is 22.0 Å². The second-order valence-electron chi connectivity index (χ2n) is 6.17.